The topological polar surface area (TPSA) is 66.0 Å². The number of carbonyl (C=O) groups is 1. The van der Waals surface area contributed by atoms with Crippen LogP contribution in [0.5, 0.6) is 0 Å². The number of nitrogens with zero attached hydrogens (tertiary/aromatic N) is 2. The van der Waals surface area contributed by atoms with Crippen LogP contribution in [0.15, 0.2) is 4.99 Å². The van der Waals surface area contributed by atoms with Gasteiger partial charge in [-0.3, -0.25) is 9.79 Å². The highest BCUT2D eigenvalue weighted by Gasteiger charge is 2.19. The molecule has 0 bridgehead atoms. The van der Waals surface area contributed by atoms with Gasteiger partial charge < -0.3 is 20.3 Å². The minimum atomic E-state index is 0.297. The highest BCUT2D eigenvalue weighted by atomic mass is 16.5. The van der Waals surface area contributed by atoms with Gasteiger partial charge in [-0.25, -0.2) is 0 Å². The summed E-state index contributed by atoms with van der Waals surface area (Å²) in [6.45, 7) is 7.23. The Morgan fingerprint density at radius 3 is 3.00 bits per heavy atom. The zero-order valence-corrected chi connectivity index (χ0v) is 13.8. The van der Waals surface area contributed by atoms with Crippen LogP contribution >= 0.6 is 0 Å². The summed E-state index contributed by atoms with van der Waals surface area (Å²) >= 11 is 0. The lowest BCUT2D eigenvalue weighted by Gasteiger charge is -2.15. The van der Waals surface area contributed by atoms with E-state index >= 15 is 0 Å². The van der Waals surface area contributed by atoms with Crippen LogP contribution < -0.4 is 10.6 Å². The van der Waals surface area contributed by atoms with E-state index in [2.05, 4.69) is 22.5 Å². The monoisotopic (exact) mass is 310 g/mol. The van der Waals surface area contributed by atoms with Crippen LogP contribution in [0.1, 0.15) is 45.4 Å². The van der Waals surface area contributed by atoms with Crippen LogP contribution in [0.3, 0.4) is 0 Å². The lowest BCUT2D eigenvalue weighted by atomic mass is 10.2. The molecule has 2 aliphatic rings. The van der Waals surface area contributed by atoms with Gasteiger partial charge in [0.1, 0.15) is 0 Å². The molecule has 0 spiro atoms. The molecule has 2 aliphatic heterocycles. The third kappa shape index (κ3) is 5.83. The maximum Gasteiger partial charge on any atom is 0.222 e. The van der Waals surface area contributed by atoms with Crippen LogP contribution in [0.25, 0.3) is 0 Å². The summed E-state index contributed by atoms with van der Waals surface area (Å²) in [6, 6.07) is 0. The first-order chi connectivity index (χ1) is 10.8. The Morgan fingerprint density at radius 2 is 2.32 bits per heavy atom. The van der Waals surface area contributed by atoms with E-state index in [0.29, 0.717) is 12.0 Å². The zero-order chi connectivity index (χ0) is 15.6. The molecule has 2 N–H and O–H groups in total. The lowest BCUT2D eigenvalue weighted by Crippen LogP contribution is -2.38. The largest absolute Gasteiger partial charge is 0.378 e. The van der Waals surface area contributed by atoms with Crippen molar-refractivity contribution in [3.8, 4) is 0 Å². The second-order valence-corrected chi connectivity index (χ2v) is 5.95. The highest BCUT2D eigenvalue weighted by Crippen LogP contribution is 2.14. The summed E-state index contributed by atoms with van der Waals surface area (Å²) in [5.41, 5.74) is 0. The quantitative estimate of drug-likeness (QED) is 0.401. The Hall–Kier alpha value is -1.30. The van der Waals surface area contributed by atoms with Crippen molar-refractivity contribution in [2.24, 2.45) is 4.99 Å². The van der Waals surface area contributed by atoms with Gasteiger partial charge in [0.15, 0.2) is 5.96 Å². The molecule has 6 nitrogen and oxygen atoms in total. The Balaban J connectivity index is 1.61. The van der Waals surface area contributed by atoms with Crippen LogP contribution in [-0.4, -0.2) is 62.2 Å². The van der Waals surface area contributed by atoms with Gasteiger partial charge in [0.2, 0.25) is 5.91 Å². The van der Waals surface area contributed by atoms with E-state index in [4.69, 9.17) is 4.74 Å². The lowest BCUT2D eigenvalue weighted by molar-refractivity contribution is -0.127. The maximum absolute atomic E-state index is 11.5. The van der Waals surface area contributed by atoms with E-state index in [9.17, 15) is 4.79 Å². The zero-order valence-electron chi connectivity index (χ0n) is 13.8. The van der Waals surface area contributed by atoms with Crippen molar-refractivity contribution in [1.29, 1.82) is 0 Å². The molecule has 0 aliphatic carbocycles. The molecule has 2 saturated heterocycles. The fourth-order valence-corrected chi connectivity index (χ4v) is 2.96. The Morgan fingerprint density at radius 1 is 1.41 bits per heavy atom. The number of aliphatic imine (C=N–C) groups is 1. The first-order valence-electron chi connectivity index (χ1n) is 8.71. The van der Waals surface area contributed by atoms with E-state index < -0.39 is 0 Å². The standard InChI is InChI=1S/C16H30N4O2/c1-2-17-16(19-10-8-14-6-4-13-22-14)18-9-5-12-20-11-3-7-15(20)21/h14H,2-13H2,1H3,(H2,17,18,19). The predicted molar refractivity (Wildman–Crippen MR) is 88.0 cm³/mol. The number of likely N-dealkylation sites (tertiary alicyclic amines) is 1. The number of guanidine groups is 1. The van der Waals surface area contributed by atoms with Crippen molar-refractivity contribution in [3.63, 3.8) is 0 Å². The van der Waals surface area contributed by atoms with Crippen molar-refractivity contribution < 1.29 is 9.53 Å². The molecule has 22 heavy (non-hydrogen) atoms. The average Bonchev–Trinajstić information content (AvgIpc) is 3.15. The number of nitrogens with one attached hydrogen (secondary N) is 2. The van der Waals surface area contributed by atoms with Crippen LogP contribution in [0, 0.1) is 0 Å². The third-order valence-electron chi connectivity index (χ3n) is 4.15. The second kappa shape index (κ2) is 9.66. The molecule has 0 aromatic rings. The van der Waals surface area contributed by atoms with E-state index in [1.807, 2.05) is 4.90 Å². The first kappa shape index (κ1) is 17.1. The maximum atomic E-state index is 11.5. The fraction of sp³-hybridized carbons (Fsp3) is 0.875. The number of ether oxygens (including phenoxy) is 1. The Kier molecular flexibility index (Phi) is 7.49. The van der Waals surface area contributed by atoms with Crippen molar-refractivity contribution >= 4 is 11.9 Å². The average molecular weight is 310 g/mol. The number of amides is 1. The molecule has 0 aromatic heterocycles. The van der Waals surface area contributed by atoms with Gasteiger partial charge in [0, 0.05) is 45.8 Å². The molecule has 126 valence electrons. The minimum Gasteiger partial charge on any atom is -0.378 e. The molecule has 2 fully saturated rings. The fourth-order valence-electron chi connectivity index (χ4n) is 2.96. The van der Waals surface area contributed by atoms with Gasteiger partial charge in [-0.05, 0) is 39.0 Å². The van der Waals surface area contributed by atoms with Crippen molar-refractivity contribution in [2.45, 2.75) is 51.6 Å². The van der Waals surface area contributed by atoms with Gasteiger partial charge >= 0.3 is 0 Å². The molecular weight excluding hydrogens is 280 g/mol. The summed E-state index contributed by atoms with van der Waals surface area (Å²) in [4.78, 5) is 18.1. The molecule has 1 amide bonds. The van der Waals surface area contributed by atoms with Crippen LogP contribution in [0.2, 0.25) is 0 Å². The first-order valence-corrected chi connectivity index (χ1v) is 8.71. The SMILES string of the molecule is CCNC(=NCCCN1CCCC1=O)NCCC1CCCO1. The minimum absolute atomic E-state index is 0.297. The molecule has 0 aromatic carbocycles. The molecule has 1 unspecified atom stereocenters. The number of rotatable bonds is 8. The highest BCUT2D eigenvalue weighted by molar-refractivity contribution is 5.79. The normalized spacial score (nSPS) is 22.4. The van der Waals surface area contributed by atoms with Gasteiger partial charge in [-0.1, -0.05) is 0 Å². The molecule has 1 atom stereocenters. The van der Waals surface area contributed by atoms with E-state index in [0.717, 1.165) is 71.0 Å². The van der Waals surface area contributed by atoms with Gasteiger partial charge in [0.05, 0.1) is 6.10 Å². The second-order valence-electron chi connectivity index (χ2n) is 5.95. The van der Waals surface area contributed by atoms with E-state index in [1.54, 1.807) is 0 Å². The Labute approximate surface area is 133 Å². The molecule has 0 radical (unpaired) electrons. The smallest absolute Gasteiger partial charge is 0.222 e. The summed E-state index contributed by atoms with van der Waals surface area (Å²) < 4.78 is 5.62. The van der Waals surface area contributed by atoms with Crippen molar-refractivity contribution in [3.05, 3.63) is 0 Å². The number of carbonyl (C=O) groups excluding carboxylic acids is 1. The summed E-state index contributed by atoms with van der Waals surface area (Å²) in [5, 5.41) is 6.63. The number of hydrogen-bond acceptors (Lipinski definition) is 3. The molecule has 0 saturated carbocycles. The Bertz CT molecular complexity index is 367. The molecule has 6 heteroatoms. The van der Waals surface area contributed by atoms with E-state index in [1.165, 1.54) is 12.8 Å². The molecule has 2 heterocycles. The third-order valence-corrected chi connectivity index (χ3v) is 4.15. The summed E-state index contributed by atoms with van der Waals surface area (Å²) in [7, 11) is 0. The predicted octanol–water partition coefficient (Wildman–Crippen LogP) is 1.12. The van der Waals surface area contributed by atoms with Crippen LogP contribution in [0.4, 0.5) is 0 Å². The summed E-state index contributed by atoms with van der Waals surface area (Å²) in [6.07, 6.45) is 6.47. The van der Waals surface area contributed by atoms with Gasteiger partial charge in [-0.15, -0.1) is 0 Å². The summed E-state index contributed by atoms with van der Waals surface area (Å²) in [5.74, 6) is 1.17. The number of hydrogen-bond donors (Lipinski definition) is 2. The van der Waals surface area contributed by atoms with Crippen molar-refractivity contribution in [1.82, 2.24) is 15.5 Å². The van der Waals surface area contributed by atoms with Gasteiger partial charge in [0.25, 0.3) is 0 Å². The van der Waals surface area contributed by atoms with Gasteiger partial charge in [-0.2, -0.15) is 0 Å². The van der Waals surface area contributed by atoms with E-state index in [-0.39, 0.29) is 0 Å². The van der Waals surface area contributed by atoms with Crippen LogP contribution in [-0.2, 0) is 9.53 Å². The van der Waals surface area contributed by atoms with Crippen molar-refractivity contribution in [2.75, 3.05) is 39.3 Å². The molecule has 2 rings (SSSR count). The molecular formula is C16H30N4O2.